The number of halogens is 2. The number of furan rings is 1. The molecule has 1 atom stereocenters. The second-order valence-electron chi connectivity index (χ2n) is 8.43. The number of carbonyl (C=O) groups is 3. The molecule has 202 valence electrons. The van der Waals surface area contributed by atoms with Crippen LogP contribution in [0.4, 0.5) is 8.78 Å². The number of rotatable bonds is 11. The predicted molar refractivity (Wildman–Crippen MR) is 137 cm³/mol. The maximum Gasteiger partial charge on any atom is 0.272 e. The van der Waals surface area contributed by atoms with Crippen LogP contribution in [-0.4, -0.2) is 45.5 Å². The highest BCUT2D eigenvalue weighted by Crippen LogP contribution is 2.35. The summed E-state index contributed by atoms with van der Waals surface area (Å²) in [6, 6.07) is 16.9. The quantitative estimate of drug-likeness (QED) is 0.211. The monoisotopic (exact) mass is 556 g/mol. The van der Waals surface area contributed by atoms with Gasteiger partial charge < -0.3 is 14.9 Å². The molecule has 0 aliphatic heterocycles. The van der Waals surface area contributed by atoms with Gasteiger partial charge in [0.15, 0.2) is 6.29 Å². The molecule has 1 heterocycles. The number of benzene rings is 3. The molecule has 4 rings (SSSR count). The molecule has 1 amide bonds. The van der Waals surface area contributed by atoms with Crippen molar-refractivity contribution < 1.29 is 40.7 Å². The third-order valence-corrected chi connectivity index (χ3v) is 7.14. The lowest BCUT2D eigenvalue weighted by Crippen LogP contribution is -2.35. The standard InChI is InChI=1S/C27H22F2N2O7S/c28-26(29)15-37-23-13-18(9-10-19(23)24-12-16-5-1-3-7-22(16)38-24)27(34)31-39(35,36)25-8-4-2-6-17(25)11-20(30)21(33)14-32/h1-10,12-14,20,26H,11,15,30H2,(H,31,34). The van der Waals surface area contributed by atoms with Crippen molar-refractivity contribution in [2.45, 2.75) is 23.8 Å². The minimum absolute atomic E-state index is 0.0479. The van der Waals surface area contributed by atoms with Crippen LogP contribution < -0.4 is 15.2 Å². The predicted octanol–water partition coefficient (Wildman–Crippen LogP) is 3.50. The van der Waals surface area contributed by atoms with Gasteiger partial charge >= 0.3 is 0 Å². The first-order valence-electron chi connectivity index (χ1n) is 11.5. The molecule has 39 heavy (non-hydrogen) atoms. The molecule has 0 spiro atoms. The largest absolute Gasteiger partial charge is 0.487 e. The lowest BCUT2D eigenvalue weighted by atomic mass is 10.0. The molecule has 0 aliphatic rings. The number of fused-ring (bicyclic) bond motifs is 1. The summed E-state index contributed by atoms with van der Waals surface area (Å²) in [5.74, 6) is -1.78. The van der Waals surface area contributed by atoms with E-state index in [-0.39, 0.29) is 40.0 Å². The number of para-hydroxylation sites is 1. The summed E-state index contributed by atoms with van der Waals surface area (Å²) in [6.07, 6.45) is -3.02. The number of nitrogens with one attached hydrogen (secondary N) is 1. The van der Waals surface area contributed by atoms with E-state index >= 15 is 0 Å². The summed E-state index contributed by atoms with van der Waals surface area (Å²) in [5.41, 5.74) is 6.44. The summed E-state index contributed by atoms with van der Waals surface area (Å²) in [7, 11) is -4.47. The summed E-state index contributed by atoms with van der Waals surface area (Å²) in [4.78, 5) is 34.9. The number of alkyl halides is 2. The highest BCUT2D eigenvalue weighted by molar-refractivity contribution is 7.90. The van der Waals surface area contributed by atoms with Crippen LogP contribution in [0.2, 0.25) is 0 Å². The number of ketones is 1. The van der Waals surface area contributed by atoms with Crippen LogP contribution in [-0.2, 0) is 26.0 Å². The van der Waals surface area contributed by atoms with E-state index in [9.17, 15) is 31.6 Å². The number of carbonyl (C=O) groups excluding carboxylic acids is 3. The van der Waals surface area contributed by atoms with Crippen LogP contribution >= 0.6 is 0 Å². The van der Waals surface area contributed by atoms with Crippen LogP contribution in [0.15, 0.2) is 82.1 Å². The highest BCUT2D eigenvalue weighted by atomic mass is 32.2. The maximum atomic E-state index is 13.1. The topological polar surface area (TPSA) is 146 Å². The number of hydrogen-bond donors (Lipinski definition) is 2. The van der Waals surface area contributed by atoms with Crippen molar-refractivity contribution in [3.05, 3.63) is 83.9 Å². The number of amides is 1. The number of ether oxygens (including phenoxy) is 1. The van der Waals surface area contributed by atoms with Crippen LogP contribution in [0.25, 0.3) is 22.3 Å². The fraction of sp³-hybridized carbons (Fsp3) is 0.148. The van der Waals surface area contributed by atoms with Gasteiger partial charge in [0.2, 0.25) is 5.78 Å². The Morgan fingerprint density at radius 3 is 2.46 bits per heavy atom. The van der Waals surface area contributed by atoms with E-state index in [1.165, 1.54) is 36.4 Å². The molecule has 0 fully saturated rings. The molecule has 4 aromatic rings. The first-order valence-corrected chi connectivity index (χ1v) is 13.0. The summed E-state index contributed by atoms with van der Waals surface area (Å²) >= 11 is 0. The zero-order chi connectivity index (χ0) is 28.2. The first kappa shape index (κ1) is 27.6. The van der Waals surface area contributed by atoms with Gasteiger partial charge in [-0.15, -0.1) is 0 Å². The van der Waals surface area contributed by atoms with Gasteiger partial charge in [0.05, 0.1) is 16.5 Å². The van der Waals surface area contributed by atoms with Gasteiger partial charge in [0.25, 0.3) is 22.4 Å². The Hall–Kier alpha value is -4.42. The van der Waals surface area contributed by atoms with Crippen molar-refractivity contribution in [3.8, 4) is 17.1 Å². The van der Waals surface area contributed by atoms with Crippen LogP contribution in [0, 0.1) is 0 Å². The van der Waals surface area contributed by atoms with E-state index in [1.807, 2.05) is 4.72 Å². The van der Waals surface area contributed by atoms with E-state index in [1.54, 1.807) is 30.3 Å². The highest BCUT2D eigenvalue weighted by Gasteiger charge is 2.25. The molecular formula is C27H22F2N2O7S. The second kappa shape index (κ2) is 11.5. The SMILES string of the molecule is NC(Cc1ccccc1S(=O)(=O)NC(=O)c1ccc(-c2cc3ccccc3o2)c(OCC(F)F)c1)C(=O)C=O. The Kier molecular flexibility index (Phi) is 8.17. The molecule has 3 N–H and O–H groups in total. The molecule has 0 bridgehead atoms. The molecule has 12 heteroatoms. The Labute approximate surface area is 221 Å². The van der Waals surface area contributed by atoms with Crippen molar-refractivity contribution in [3.63, 3.8) is 0 Å². The van der Waals surface area contributed by atoms with Crippen molar-refractivity contribution in [2.24, 2.45) is 5.73 Å². The Bertz CT molecular complexity index is 1620. The molecule has 0 aliphatic carbocycles. The zero-order valence-electron chi connectivity index (χ0n) is 20.2. The van der Waals surface area contributed by atoms with Gasteiger partial charge in [-0.1, -0.05) is 36.4 Å². The fourth-order valence-electron chi connectivity index (χ4n) is 3.85. The number of Topliss-reactive ketones (excluding diaryl/α,β-unsaturated/α-hetero) is 1. The molecule has 0 saturated heterocycles. The molecule has 9 nitrogen and oxygen atoms in total. The Morgan fingerprint density at radius 2 is 1.74 bits per heavy atom. The van der Waals surface area contributed by atoms with Crippen LogP contribution in [0.5, 0.6) is 5.75 Å². The van der Waals surface area contributed by atoms with E-state index in [4.69, 9.17) is 14.9 Å². The number of hydrogen-bond acceptors (Lipinski definition) is 8. The number of aldehydes is 1. The van der Waals surface area contributed by atoms with Crippen LogP contribution in [0.3, 0.4) is 0 Å². The minimum atomic E-state index is -4.47. The van der Waals surface area contributed by atoms with Crippen LogP contribution in [0.1, 0.15) is 15.9 Å². The molecular weight excluding hydrogens is 534 g/mol. The molecule has 3 aromatic carbocycles. The van der Waals surface area contributed by atoms with E-state index < -0.39 is 40.8 Å². The maximum absolute atomic E-state index is 13.1. The van der Waals surface area contributed by atoms with Gasteiger partial charge in [0.1, 0.15) is 23.7 Å². The number of nitrogens with two attached hydrogens (primary N) is 1. The van der Waals surface area contributed by atoms with Crippen molar-refractivity contribution in [1.82, 2.24) is 4.72 Å². The van der Waals surface area contributed by atoms with Crippen molar-refractivity contribution >= 4 is 39.0 Å². The van der Waals surface area contributed by atoms with Gasteiger partial charge in [-0.05, 0) is 48.4 Å². The van der Waals surface area contributed by atoms with E-state index in [0.29, 0.717) is 11.3 Å². The lowest BCUT2D eigenvalue weighted by molar-refractivity contribution is -0.130. The first-order chi connectivity index (χ1) is 18.6. The lowest BCUT2D eigenvalue weighted by Gasteiger charge is -2.15. The summed E-state index contributed by atoms with van der Waals surface area (Å²) in [6.45, 7) is -0.969. The third kappa shape index (κ3) is 6.36. The average molecular weight is 557 g/mol. The van der Waals surface area contributed by atoms with E-state index in [2.05, 4.69) is 0 Å². The fourth-order valence-corrected chi connectivity index (χ4v) is 5.08. The molecule has 0 saturated carbocycles. The smallest absolute Gasteiger partial charge is 0.272 e. The van der Waals surface area contributed by atoms with Gasteiger partial charge in [-0.25, -0.2) is 21.9 Å². The third-order valence-electron chi connectivity index (χ3n) is 5.71. The molecule has 1 aromatic heterocycles. The zero-order valence-corrected chi connectivity index (χ0v) is 21.0. The summed E-state index contributed by atoms with van der Waals surface area (Å²) in [5, 5.41) is 0.758. The Morgan fingerprint density at radius 1 is 1.03 bits per heavy atom. The van der Waals surface area contributed by atoms with E-state index in [0.717, 1.165) is 11.5 Å². The van der Waals surface area contributed by atoms with Crippen molar-refractivity contribution in [2.75, 3.05) is 6.61 Å². The molecule has 0 radical (unpaired) electrons. The normalized spacial score (nSPS) is 12.3. The van der Waals surface area contributed by atoms with Crippen molar-refractivity contribution in [1.29, 1.82) is 0 Å². The number of sulfonamides is 1. The average Bonchev–Trinajstić information content (AvgIpc) is 3.35. The minimum Gasteiger partial charge on any atom is -0.487 e. The second-order valence-corrected chi connectivity index (χ2v) is 10.1. The molecule has 1 unspecified atom stereocenters. The Balaban J connectivity index is 1.64. The van der Waals surface area contributed by atoms with Gasteiger partial charge in [0, 0.05) is 10.9 Å². The van der Waals surface area contributed by atoms with Gasteiger partial charge in [-0.2, -0.15) is 0 Å². The summed E-state index contributed by atoms with van der Waals surface area (Å²) < 4.78 is 65.0. The van der Waals surface area contributed by atoms with Gasteiger partial charge in [-0.3, -0.25) is 14.4 Å².